The van der Waals surface area contributed by atoms with E-state index in [0.717, 1.165) is 5.56 Å². The van der Waals surface area contributed by atoms with Crippen molar-refractivity contribution in [2.24, 2.45) is 0 Å². The lowest BCUT2D eigenvalue weighted by Crippen LogP contribution is -2.29. The quantitative estimate of drug-likeness (QED) is 0.437. The first-order valence-corrected chi connectivity index (χ1v) is 9.65. The van der Waals surface area contributed by atoms with Crippen molar-refractivity contribution in [2.45, 2.75) is 12.8 Å². The van der Waals surface area contributed by atoms with E-state index < -0.39 is 0 Å². The Morgan fingerprint density at radius 1 is 1.15 bits per heavy atom. The molecular formula is C20H18N2O3S2. The number of nitrogens with zero attached hydrogens (tertiary/aromatic N) is 1. The second-order valence-corrected chi connectivity index (χ2v) is 7.59. The van der Waals surface area contributed by atoms with E-state index in [0.29, 0.717) is 27.9 Å². The average molecular weight is 399 g/mol. The number of hydrogen-bond donors (Lipinski definition) is 2. The van der Waals surface area contributed by atoms with E-state index in [-0.39, 0.29) is 24.0 Å². The number of phenolic OH excluding ortho intramolecular Hbond substituents is 1. The zero-order valence-corrected chi connectivity index (χ0v) is 16.1. The van der Waals surface area contributed by atoms with Gasteiger partial charge in [0.2, 0.25) is 5.91 Å². The Kier molecular flexibility index (Phi) is 6.26. The van der Waals surface area contributed by atoms with Crippen LogP contribution in [0.25, 0.3) is 6.08 Å². The molecule has 0 bridgehead atoms. The SMILES string of the molecule is O=C(CCCN1C(=O)/C(=C/c2ccccc2)SC1=S)Nc1ccccc1O. The minimum absolute atomic E-state index is 0.0221. The molecule has 2 N–H and O–H groups in total. The molecule has 1 heterocycles. The molecule has 0 spiro atoms. The second kappa shape index (κ2) is 8.83. The number of hydrogen-bond acceptors (Lipinski definition) is 5. The van der Waals surface area contributed by atoms with Crippen LogP contribution < -0.4 is 5.32 Å². The van der Waals surface area contributed by atoms with Crippen LogP contribution in [0, 0.1) is 0 Å². The normalized spacial score (nSPS) is 15.4. The predicted molar refractivity (Wildman–Crippen MR) is 112 cm³/mol. The second-order valence-electron chi connectivity index (χ2n) is 5.91. The van der Waals surface area contributed by atoms with Crippen molar-refractivity contribution in [3.63, 3.8) is 0 Å². The number of nitrogens with one attached hydrogen (secondary N) is 1. The number of thiocarbonyl (C=S) groups is 1. The maximum Gasteiger partial charge on any atom is 0.266 e. The number of para-hydroxylation sites is 2. The standard InChI is InChI=1S/C20H18N2O3S2/c23-16-10-5-4-9-15(16)21-18(24)11-6-12-22-19(25)17(27-20(22)26)13-14-7-2-1-3-8-14/h1-5,7-10,13,23H,6,11-12H2,(H,21,24)/b17-13-. The third kappa shape index (κ3) is 4.96. The average Bonchev–Trinajstić information content (AvgIpc) is 2.92. The van der Waals surface area contributed by atoms with Crippen molar-refractivity contribution in [3.05, 3.63) is 65.1 Å². The van der Waals surface area contributed by atoms with Crippen molar-refractivity contribution in [3.8, 4) is 5.75 Å². The smallest absolute Gasteiger partial charge is 0.266 e. The summed E-state index contributed by atoms with van der Waals surface area (Å²) in [6.45, 7) is 0.380. The number of amides is 2. The van der Waals surface area contributed by atoms with Gasteiger partial charge in [0.25, 0.3) is 5.91 Å². The summed E-state index contributed by atoms with van der Waals surface area (Å²) in [5.74, 6) is -0.328. The minimum Gasteiger partial charge on any atom is -0.506 e. The van der Waals surface area contributed by atoms with Gasteiger partial charge in [0.05, 0.1) is 10.6 Å². The summed E-state index contributed by atoms with van der Waals surface area (Å²) in [6.07, 6.45) is 2.53. The third-order valence-corrected chi connectivity index (χ3v) is 5.31. The highest BCUT2D eigenvalue weighted by molar-refractivity contribution is 8.26. The van der Waals surface area contributed by atoms with Crippen LogP contribution in [0.1, 0.15) is 18.4 Å². The molecule has 2 aromatic rings. The monoisotopic (exact) mass is 398 g/mol. The summed E-state index contributed by atoms with van der Waals surface area (Å²) >= 11 is 6.58. The molecule has 0 unspecified atom stereocenters. The molecule has 2 amide bonds. The van der Waals surface area contributed by atoms with Gasteiger partial charge >= 0.3 is 0 Å². The van der Waals surface area contributed by atoms with E-state index in [1.54, 1.807) is 18.2 Å². The summed E-state index contributed by atoms with van der Waals surface area (Å²) in [5.41, 5.74) is 1.32. The van der Waals surface area contributed by atoms with Crippen molar-refractivity contribution in [2.75, 3.05) is 11.9 Å². The largest absolute Gasteiger partial charge is 0.506 e. The van der Waals surface area contributed by atoms with Crippen molar-refractivity contribution >= 4 is 51.9 Å². The third-order valence-electron chi connectivity index (χ3n) is 3.93. The summed E-state index contributed by atoms with van der Waals surface area (Å²) < 4.78 is 0.503. The number of phenols is 1. The van der Waals surface area contributed by atoms with E-state index in [1.165, 1.54) is 22.7 Å². The van der Waals surface area contributed by atoms with Gasteiger partial charge < -0.3 is 10.4 Å². The molecule has 3 rings (SSSR count). The molecule has 0 saturated carbocycles. The van der Waals surface area contributed by atoms with Crippen LogP contribution in [0.5, 0.6) is 5.75 Å². The Balaban J connectivity index is 1.53. The first kappa shape index (κ1) is 19.1. The molecule has 1 fully saturated rings. The summed E-state index contributed by atoms with van der Waals surface area (Å²) in [4.78, 5) is 26.7. The lowest BCUT2D eigenvalue weighted by Gasteiger charge is -2.14. The van der Waals surface area contributed by atoms with Crippen LogP contribution in [0.15, 0.2) is 59.5 Å². The first-order valence-electron chi connectivity index (χ1n) is 8.43. The zero-order chi connectivity index (χ0) is 19.2. The Morgan fingerprint density at radius 2 is 1.85 bits per heavy atom. The van der Waals surface area contributed by atoms with Crippen LogP contribution in [0.2, 0.25) is 0 Å². The number of aromatic hydroxyl groups is 1. The van der Waals surface area contributed by atoms with E-state index in [9.17, 15) is 14.7 Å². The van der Waals surface area contributed by atoms with E-state index in [4.69, 9.17) is 12.2 Å². The molecule has 0 aliphatic carbocycles. The molecule has 1 aliphatic rings. The molecular weight excluding hydrogens is 380 g/mol. The lowest BCUT2D eigenvalue weighted by molar-refractivity contribution is -0.122. The lowest BCUT2D eigenvalue weighted by atomic mass is 10.2. The fraction of sp³-hybridized carbons (Fsp3) is 0.150. The number of carbonyl (C=O) groups excluding carboxylic acids is 2. The van der Waals surface area contributed by atoms with Crippen molar-refractivity contribution in [1.29, 1.82) is 0 Å². The molecule has 7 heteroatoms. The van der Waals surface area contributed by atoms with Gasteiger partial charge in [-0.15, -0.1) is 0 Å². The number of anilines is 1. The van der Waals surface area contributed by atoms with Crippen molar-refractivity contribution < 1.29 is 14.7 Å². The number of rotatable bonds is 6. The van der Waals surface area contributed by atoms with Crippen molar-refractivity contribution in [1.82, 2.24) is 4.90 Å². The molecule has 2 aromatic carbocycles. The number of benzene rings is 2. The maximum atomic E-state index is 12.5. The first-order chi connectivity index (χ1) is 13.0. The van der Waals surface area contributed by atoms with Crippen LogP contribution in [0.4, 0.5) is 5.69 Å². The Labute approximate surface area is 167 Å². The highest BCUT2D eigenvalue weighted by Gasteiger charge is 2.31. The van der Waals surface area contributed by atoms with Gasteiger partial charge in [-0.05, 0) is 30.2 Å². The summed E-state index contributed by atoms with van der Waals surface area (Å²) in [6, 6.07) is 16.1. The molecule has 1 aliphatic heterocycles. The van der Waals surface area contributed by atoms with E-state index in [1.807, 2.05) is 36.4 Å². The fourth-order valence-electron chi connectivity index (χ4n) is 2.58. The molecule has 0 radical (unpaired) electrons. The topological polar surface area (TPSA) is 69.6 Å². The molecule has 5 nitrogen and oxygen atoms in total. The zero-order valence-electron chi connectivity index (χ0n) is 14.4. The molecule has 0 aromatic heterocycles. The van der Waals surface area contributed by atoms with Gasteiger partial charge in [-0.1, -0.05) is 66.4 Å². The van der Waals surface area contributed by atoms with Gasteiger partial charge in [-0.25, -0.2) is 0 Å². The minimum atomic E-state index is -0.221. The van der Waals surface area contributed by atoms with Crippen LogP contribution in [-0.4, -0.2) is 32.7 Å². The van der Waals surface area contributed by atoms with E-state index in [2.05, 4.69) is 5.32 Å². The number of thioether (sulfide) groups is 1. The highest BCUT2D eigenvalue weighted by Crippen LogP contribution is 2.32. The van der Waals surface area contributed by atoms with Gasteiger partial charge in [-0.3, -0.25) is 14.5 Å². The Bertz CT molecular complexity index is 897. The highest BCUT2D eigenvalue weighted by atomic mass is 32.2. The van der Waals surface area contributed by atoms with Crippen LogP contribution in [-0.2, 0) is 9.59 Å². The van der Waals surface area contributed by atoms with Gasteiger partial charge in [0.15, 0.2) is 0 Å². The summed E-state index contributed by atoms with van der Waals surface area (Å²) in [7, 11) is 0. The van der Waals surface area contributed by atoms with Crippen LogP contribution >= 0.6 is 24.0 Å². The Hall–Kier alpha value is -2.64. The Morgan fingerprint density at radius 3 is 2.59 bits per heavy atom. The molecule has 0 atom stereocenters. The fourth-order valence-corrected chi connectivity index (χ4v) is 3.89. The van der Waals surface area contributed by atoms with E-state index >= 15 is 0 Å². The molecule has 27 heavy (non-hydrogen) atoms. The molecule has 138 valence electrons. The number of carbonyl (C=O) groups is 2. The van der Waals surface area contributed by atoms with Gasteiger partial charge in [0, 0.05) is 13.0 Å². The van der Waals surface area contributed by atoms with Crippen LogP contribution in [0.3, 0.4) is 0 Å². The predicted octanol–water partition coefficient (Wildman–Crippen LogP) is 4.01. The van der Waals surface area contributed by atoms with Gasteiger partial charge in [0.1, 0.15) is 10.1 Å². The maximum absolute atomic E-state index is 12.5. The summed E-state index contributed by atoms with van der Waals surface area (Å²) in [5, 5.41) is 12.3. The molecule has 1 saturated heterocycles. The van der Waals surface area contributed by atoms with Gasteiger partial charge in [-0.2, -0.15) is 0 Å².